The topological polar surface area (TPSA) is 87.0 Å². The Bertz CT molecular complexity index is 663. The van der Waals surface area contributed by atoms with Crippen LogP contribution in [0, 0.1) is 19.8 Å². The van der Waals surface area contributed by atoms with Crippen LogP contribution >= 0.6 is 7.60 Å². The second-order valence-electron chi connectivity index (χ2n) is 6.10. The first kappa shape index (κ1) is 18.0. The predicted octanol–water partition coefficient (Wildman–Crippen LogP) is 2.85. The summed E-state index contributed by atoms with van der Waals surface area (Å²) >= 11 is 0. The first-order valence-electron chi connectivity index (χ1n) is 7.50. The monoisotopic (exact) mass is 338 g/mol. The Hall–Kier alpha value is -1.39. The lowest BCUT2D eigenvalue weighted by Gasteiger charge is -2.20. The lowest BCUT2D eigenvalue weighted by molar-refractivity contribution is 0.183. The van der Waals surface area contributed by atoms with Crippen LogP contribution in [0.2, 0.25) is 0 Å². The molecule has 0 saturated heterocycles. The molecule has 1 aromatic rings. The standard InChI is InChI=1S/C17H23O5P/c1-11-7-15(22-10-23(19,20)21)8-12(2)16(11)9-14-4-5-17(18)13(3)6-14/h4-8,13,17-18H,9-10H2,1-3H3,(H2,19,20,21). The summed E-state index contributed by atoms with van der Waals surface area (Å²) in [6, 6.07) is 3.59. The van der Waals surface area contributed by atoms with E-state index < -0.39 is 20.0 Å². The molecule has 0 spiro atoms. The zero-order chi connectivity index (χ0) is 17.2. The third kappa shape index (κ3) is 5.05. The Morgan fingerprint density at radius 3 is 2.35 bits per heavy atom. The number of hydrogen-bond acceptors (Lipinski definition) is 3. The van der Waals surface area contributed by atoms with Crippen LogP contribution in [0.25, 0.3) is 0 Å². The highest BCUT2D eigenvalue weighted by atomic mass is 31.2. The second-order valence-corrected chi connectivity index (χ2v) is 7.69. The molecule has 1 aliphatic rings. The number of rotatable bonds is 5. The van der Waals surface area contributed by atoms with E-state index in [9.17, 15) is 9.67 Å². The van der Waals surface area contributed by atoms with E-state index in [1.165, 1.54) is 0 Å². The Labute approximate surface area is 136 Å². The van der Waals surface area contributed by atoms with Gasteiger partial charge in [-0.2, -0.15) is 0 Å². The molecule has 3 N–H and O–H groups in total. The molecule has 0 aromatic heterocycles. The molecule has 6 heteroatoms. The summed E-state index contributed by atoms with van der Waals surface area (Å²) in [7, 11) is -4.18. The molecule has 0 radical (unpaired) electrons. The first-order valence-corrected chi connectivity index (χ1v) is 9.30. The number of benzene rings is 1. The van der Waals surface area contributed by atoms with Crippen LogP contribution in [0.3, 0.4) is 0 Å². The van der Waals surface area contributed by atoms with Gasteiger partial charge < -0.3 is 19.6 Å². The zero-order valence-electron chi connectivity index (χ0n) is 13.6. The van der Waals surface area contributed by atoms with Crippen molar-refractivity contribution in [1.82, 2.24) is 0 Å². The number of allylic oxidation sites excluding steroid dienone is 2. The molecule has 0 bridgehead atoms. The van der Waals surface area contributed by atoms with Crippen molar-refractivity contribution in [3.8, 4) is 5.75 Å². The van der Waals surface area contributed by atoms with E-state index in [2.05, 4.69) is 6.08 Å². The Kier molecular flexibility index (Phi) is 5.48. The van der Waals surface area contributed by atoms with Gasteiger partial charge in [-0.15, -0.1) is 0 Å². The molecule has 126 valence electrons. The van der Waals surface area contributed by atoms with Crippen molar-refractivity contribution in [2.24, 2.45) is 5.92 Å². The summed E-state index contributed by atoms with van der Waals surface area (Å²) in [5.74, 6) is 0.561. The average Bonchev–Trinajstić information content (AvgIpc) is 2.43. The van der Waals surface area contributed by atoms with Crippen molar-refractivity contribution in [2.75, 3.05) is 6.35 Å². The Balaban J connectivity index is 2.16. The molecule has 1 aromatic carbocycles. The van der Waals surface area contributed by atoms with Crippen LogP contribution in [0.15, 0.2) is 35.9 Å². The molecule has 2 rings (SSSR count). The van der Waals surface area contributed by atoms with Crippen molar-refractivity contribution >= 4 is 7.60 Å². The molecule has 5 nitrogen and oxygen atoms in total. The summed E-state index contributed by atoms with van der Waals surface area (Å²) in [4.78, 5) is 17.8. The zero-order valence-corrected chi connectivity index (χ0v) is 14.5. The van der Waals surface area contributed by atoms with Gasteiger partial charge in [0.2, 0.25) is 0 Å². The minimum Gasteiger partial charge on any atom is -0.481 e. The van der Waals surface area contributed by atoms with Crippen LogP contribution in [0.1, 0.15) is 23.6 Å². The fraction of sp³-hybridized carbons (Fsp3) is 0.412. The average molecular weight is 338 g/mol. The molecule has 2 unspecified atom stereocenters. The van der Waals surface area contributed by atoms with Crippen LogP contribution in [-0.2, 0) is 11.0 Å². The van der Waals surface area contributed by atoms with Gasteiger partial charge in [0, 0.05) is 5.92 Å². The lowest BCUT2D eigenvalue weighted by Crippen LogP contribution is -2.16. The molecule has 2 atom stereocenters. The summed E-state index contributed by atoms with van der Waals surface area (Å²) < 4.78 is 16.1. The van der Waals surface area contributed by atoms with E-state index >= 15 is 0 Å². The Morgan fingerprint density at radius 1 is 1.22 bits per heavy atom. The van der Waals surface area contributed by atoms with Crippen molar-refractivity contribution in [3.63, 3.8) is 0 Å². The molecular weight excluding hydrogens is 315 g/mol. The van der Waals surface area contributed by atoms with E-state index in [-0.39, 0.29) is 5.92 Å². The SMILES string of the molecule is Cc1cc(OCP(=O)(O)O)cc(C)c1CC1=CC(C)C(O)C=C1. The van der Waals surface area contributed by atoms with Gasteiger partial charge in [0.1, 0.15) is 5.75 Å². The number of ether oxygens (including phenoxy) is 1. The summed E-state index contributed by atoms with van der Waals surface area (Å²) in [6.07, 6.45) is 5.54. The number of hydrogen-bond donors (Lipinski definition) is 3. The minimum atomic E-state index is -4.18. The molecule has 0 fully saturated rings. The van der Waals surface area contributed by atoms with Gasteiger partial charge in [0.25, 0.3) is 0 Å². The fourth-order valence-corrected chi connectivity index (χ4v) is 3.00. The van der Waals surface area contributed by atoms with E-state index in [4.69, 9.17) is 14.5 Å². The minimum absolute atomic E-state index is 0.0986. The summed E-state index contributed by atoms with van der Waals surface area (Å²) in [5, 5.41) is 9.72. The third-order valence-electron chi connectivity index (χ3n) is 3.97. The van der Waals surface area contributed by atoms with Gasteiger partial charge in [-0.3, -0.25) is 4.57 Å². The number of aryl methyl sites for hydroxylation is 2. The van der Waals surface area contributed by atoms with Crippen LogP contribution in [0.5, 0.6) is 5.75 Å². The molecule has 0 saturated carbocycles. The van der Waals surface area contributed by atoms with Crippen LogP contribution in [0.4, 0.5) is 0 Å². The molecule has 0 amide bonds. The van der Waals surface area contributed by atoms with Crippen molar-refractivity contribution in [1.29, 1.82) is 0 Å². The first-order chi connectivity index (χ1) is 10.7. The normalized spacial score (nSPS) is 21.2. The lowest BCUT2D eigenvalue weighted by atomic mass is 9.89. The molecular formula is C17H23O5P. The third-order valence-corrected chi connectivity index (χ3v) is 4.44. The fourth-order valence-electron chi connectivity index (χ4n) is 2.69. The van der Waals surface area contributed by atoms with Gasteiger partial charge in [-0.05, 0) is 54.7 Å². The maximum absolute atomic E-state index is 10.9. The maximum Gasteiger partial charge on any atom is 0.362 e. The summed E-state index contributed by atoms with van der Waals surface area (Å²) in [6.45, 7) is 5.89. The van der Waals surface area contributed by atoms with Gasteiger partial charge in [0.15, 0.2) is 6.35 Å². The largest absolute Gasteiger partial charge is 0.481 e. The van der Waals surface area contributed by atoms with Crippen LogP contribution in [-0.4, -0.2) is 27.3 Å². The Morgan fingerprint density at radius 2 is 1.83 bits per heavy atom. The van der Waals surface area contributed by atoms with Gasteiger partial charge in [0.05, 0.1) is 6.10 Å². The van der Waals surface area contributed by atoms with Gasteiger partial charge in [-0.1, -0.05) is 25.2 Å². The van der Waals surface area contributed by atoms with E-state index in [0.717, 1.165) is 28.7 Å². The van der Waals surface area contributed by atoms with E-state index in [0.29, 0.717) is 5.75 Å². The van der Waals surface area contributed by atoms with Crippen molar-refractivity contribution in [3.05, 3.63) is 52.6 Å². The number of aliphatic hydroxyl groups is 1. The molecule has 0 heterocycles. The second kappa shape index (κ2) is 7.02. The molecule has 1 aliphatic carbocycles. The summed E-state index contributed by atoms with van der Waals surface area (Å²) in [5.41, 5.74) is 4.34. The molecule has 23 heavy (non-hydrogen) atoms. The van der Waals surface area contributed by atoms with E-state index in [1.807, 2.05) is 32.9 Å². The predicted molar refractivity (Wildman–Crippen MR) is 89.6 cm³/mol. The van der Waals surface area contributed by atoms with Crippen molar-refractivity contribution in [2.45, 2.75) is 33.3 Å². The highest BCUT2D eigenvalue weighted by molar-refractivity contribution is 7.51. The smallest absolute Gasteiger partial charge is 0.362 e. The maximum atomic E-state index is 10.9. The van der Waals surface area contributed by atoms with Crippen molar-refractivity contribution < 1.29 is 24.2 Å². The number of aliphatic hydroxyl groups excluding tert-OH is 1. The molecule has 0 aliphatic heterocycles. The highest BCUT2D eigenvalue weighted by Crippen LogP contribution is 2.35. The van der Waals surface area contributed by atoms with E-state index in [1.54, 1.807) is 12.1 Å². The quantitative estimate of drug-likeness (QED) is 0.719. The van der Waals surface area contributed by atoms with Crippen LogP contribution < -0.4 is 4.74 Å². The van der Waals surface area contributed by atoms with Gasteiger partial charge >= 0.3 is 7.60 Å². The van der Waals surface area contributed by atoms with Gasteiger partial charge in [-0.25, -0.2) is 0 Å². The highest BCUT2D eigenvalue weighted by Gasteiger charge is 2.17.